The molecule has 272 valence electrons. The summed E-state index contributed by atoms with van der Waals surface area (Å²) >= 11 is 0. The number of aliphatic hydroxyl groups is 1. The number of likely N-dealkylation sites (tertiary alicyclic amines) is 3. The number of pyridine rings is 1. The number of hydrogen-bond acceptors (Lipinski definition) is 7. The van der Waals surface area contributed by atoms with Crippen LogP contribution in [0.5, 0.6) is 0 Å². The summed E-state index contributed by atoms with van der Waals surface area (Å²) in [4.78, 5) is 64.1. The molecule has 0 spiro atoms. The van der Waals surface area contributed by atoms with Crippen molar-refractivity contribution in [2.45, 2.75) is 89.0 Å². The molecule has 3 fully saturated rings. The van der Waals surface area contributed by atoms with Crippen LogP contribution in [0.3, 0.4) is 0 Å². The minimum atomic E-state index is -1.04. The first kappa shape index (κ1) is 35.0. The van der Waals surface area contributed by atoms with Crippen LogP contribution < -0.4 is 10.9 Å². The van der Waals surface area contributed by atoms with Crippen LogP contribution in [-0.2, 0) is 16.0 Å². The number of hydrogen-bond donors (Lipinski definition) is 3. The third-order valence-corrected chi connectivity index (χ3v) is 11.6. The van der Waals surface area contributed by atoms with E-state index in [1.165, 1.54) is 6.07 Å². The summed E-state index contributed by atoms with van der Waals surface area (Å²) in [5.74, 6) is -0.643. The normalized spacial score (nSPS) is 21.2. The van der Waals surface area contributed by atoms with Gasteiger partial charge in [0.05, 0.1) is 11.6 Å². The molecule has 3 N–H and O–H groups in total. The lowest BCUT2D eigenvalue weighted by Gasteiger charge is -2.42. The van der Waals surface area contributed by atoms with Gasteiger partial charge in [-0.15, -0.1) is 0 Å². The minimum absolute atomic E-state index is 0.00352. The third-order valence-electron chi connectivity index (χ3n) is 11.6. The number of benzene rings is 2. The zero-order valence-electron chi connectivity index (χ0n) is 29.7. The molecule has 3 aromatic rings. The lowest BCUT2D eigenvalue weighted by Crippen LogP contribution is -2.53. The number of anilines is 1. The number of carbonyl (C=O) groups excluding carboxylic acids is 3. The van der Waals surface area contributed by atoms with Gasteiger partial charge < -0.3 is 39.7 Å². The smallest absolute Gasteiger partial charge is 0.410 e. The molecular weight excluding hydrogens is 648 g/mol. The molecule has 2 atom stereocenters. The average molecular weight is 699 g/mol. The van der Waals surface area contributed by atoms with Gasteiger partial charge in [0, 0.05) is 75.6 Å². The first-order valence-electron chi connectivity index (χ1n) is 18.6. The molecule has 4 aliphatic heterocycles. The number of ether oxygens (including phenoxy) is 1. The van der Waals surface area contributed by atoms with Gasteiger partial charge in [-0.3, -0.25) is 9.59 Å². The van der Waals surface area contributed by atoms with Crippen LogP contribution in [0, 0.1) is 6.92 Å². The van der Waals surface area contributed by atoms with Gasteiger partial charge in [-0.2, -0.15) is 0 Å². The molecule has 5 heterocycles. The number of amides is 4. The number of piperidine rings is 3. The molecule has 1 aromatic heterocycles. The van der Waals surface area contributed by atoms with Crippen molar-refractivity contribution >= 4 is 34.6 Å². The van der Waals surface area contributed by atoms with E-state index in [0.717, 1.165) is 78.5 Å². The average Bonchev–Trinajstić information content (AvgIpc) is 3.32. The highest BCUT2D eigenvalue weighted by Crippen LogP contribution is 2.31. The van der Waals surface area contributed by atoms with E-state index in [9.17, 15) is 24.3 Å². The van der Waals surface area contributed by atoms with Gasteiger partial charge in [0.15, 0.2) is 6.10 Å². The van der Waals surface area contributed by atoms with Gasteiger partial charge in [-0.05, 0) is 92.1 Å². The zero-order chi connectivity index (χ0) is 35.6. The molecule has 0 aliphatic carbocycles. The minimum Gasteiger partial charge on any atom is -0.435 e. The van der Waals surface area contributed by atoms with Crippen molar-refractivity contribution in [3.05, 3.63) is 75.6 Å². The second-order valence-corrected chi connectivity index (χ2v) is 14.8. The molecule has 0 bridgehead atoms. The standard InChI is InChI=1S/C39H50N6O6/c1-25-23-29(24-28-7-8-34(47)41-35(25)28)26(2)36(37(48)43-16-10-30(11-17-43)42-20-14-32(46)15-21-42)51-39(50)44-18-12-31(13-19-44)45-22-9-27-5-3-4-6-33(27)40-38(45)49/h3-8,23-24,26,30-32,36,46H,9-22H2,1-2H3,(H,40,49)(H,41,47)/t26-,36?/m1/s1. The number of fused-ring (bicyclic) bond motifs is 2. The van der Waals surface area contributed by atoms with Gasteiger partial charge in [-0.1, -0.05) is 31.2 Å². The monoisotopic (exact) mass is 698 g/mol. The molecule has 4 amide bonds. The lowest BCUT2D eigenvalue weighted by atomic mass is 9.90. The summed E-state index contributed by atoms with van der Waals surface area (Å²) in [6.07, 6.45) is 3.46. The van der Waals surface area contributed by atoms with Gasteiger partial charge in [0.25, 0.3) is 5.91 Å². The van der Waals surface area contributed by atoms with Crippen molar-refractivity contribution in [1.29, 1.82) is 0 Å². The van der Waals surface area contributed by atoms with E-state index >= 15 is 0 Å². The number of nitrogens with zero attached hydrogens (tertiary/aromatic N) is 4. The Kier molecular flexibility index (Phi) is 10.3. The number of H-pyrrole nitrogens is 1. The van der Waals surface area contributed by atoms with Crippen LogP contribution in [0.15, 0.2) is 53.3 Å². The molecule has 51 heavy (non-hydrogen) atoms. The number of aromatic amines is 1. The Morgan fingerprint density at radius 3 is 2.27 bits per heavy atom. The molecule has 3 saturated heterocycles. The summed E-state index contributed by atoms with van der Waals surface area (Å²) < 4.78 is 6.22. The van der Waals surface area contributed by atoms with E-state index in [1.54, 1.807) is 11.0 Å². The molecule has 1 unspecified atom stereocenters. The lowest BCUT2D eigenvalue weighted by molar-refractivity contribution is -0.143. The third kappa shape index (κ3) is 7.62. The quantitative estimate of drug-likeness (QED) is 0.346. The molecule has 12 heteroatoms. The maximum atomic E-state index is 14.4. The van der Waals surface area contributed by atoms with Crippen LogP contribution in [0.25, 0.3) is 10.9 Å². The highest BCUT2D eigenvalue weighted by Gasteiger charge is 2.39. The molecule has 0 saturated carbocycles. The van der Waals surface area contributed by atoms with Crippen molar-refractivity contribution in [3.8, 4) is 0 Å². The number of aryl methyl sites for hydroxylation is 1. The Balaban J connectivity index is 1.04. The second-order valence-electron chi connectivity index (χ2n) is 14.8. The van der Waals surface area contributed by atoms with Crippen LogP contribution >= 0.6 is 0 Å². The van der Waals surface area contributed by atoms with Crippen molar-refractivity contribution in [3.63, 3.8) is 0 Å². The van der Waals surface area contributed by atoms with Crippen LogP contribution in [0.1, 0.15) is 68.1 Å². The molecule has 2 aromatic carbocycles. The van der Waals surface area contributed by atoms with E-state index < -0.39 is 18.1 Å². The Morgan fingerprint density at radius 1 is 0.843 bits per heavy atom. The fourth-order valence-corrected chi connectivity index (χ4v) is 8.44. The Labute approximate surface area is 298 Å². The number of aliphatic hydroxyl groups excluding tert-OH is 1. The SMILES string of the molecule is Cc1cc([C@@H](C)C(OC(=O)N2CCC(N3CCc4ccccc4NC3=O)CC2)C(=O)N2CCC(N3CCC(O)CC3)CC2)cc2ccc(=O)[nH]c12. The Bertz CT molecular complexity index is 1810. The number of urea groups is 1. The summed E-state index contributed by atoms with van der Waals surface area (Å²) in [6.45, 7) is 8.21. The van der Waals surface area contributed by atoms with Gasteiger partial charge in [0.2, 0.25) is 5.56 Å². The highest BCUT2D eigenvalue weighted by atomic mass is 16.6. The van der Waals surface area contributed by atoms with Gasteiger partial charge in [0.1, 0.15) is 0 Å². The molecule has 0 radical (unpaired) electrons. The van der Waals surface area contributed by atoms with Gasteiger partial charge >= 0.3 is 12.1 Å². The van der Waals surface area contributed by atoms with E-state index in [4.69, 9.17) is 4.74 Å². The summed E-state index contributed by atoms with van der Waals surface area (Å²) in [5, 5.41) is 13.9. The number of nitrogens with one attached hydrogen (secondary N) is 2. The van der Waals surface area contributed by atoms with E-state index in [-0.39, 0.29) is 29.6 Å². The van der Waals surface area contributed by atoms with Crippen molar-refractivity contribution in [2.75, 3.05) is 51.1 Å². The van der Waals surface area contributed by atoms with Crippen molar-refractivity contribution in [2.24, 2.45) is 0 Å². The largest absolute Gasteiger partial charge is 0.435 e. The van der Waals surface area contributed by atoms with Gasteiger partial charge in [-0.25, -0.2) is 9.59 Å². The maximum absolute atomic E-state index is 14.4. The van der Waals surface area contributed by atoms with Crippen LogP contribution in [-0.4, -0.2) is 118 Å². The molecular formula is C39H50N6O6. The molecule has 7 rings (SSSR count). The fourth-order valence-electron chi connectivity index (χ4n) is 8.44. The van der Waals surface area contributed by atoms with Crippen LogP contribution in [0.4, 0.5) is 15.3 Å². The molecule has 4 aliphatic rings. The summed E-state index contributed by atoms with van der Waals surface area (Å²) in [6, 6.07) is 15.3. The number of carbonyl (C=O) groups is 3. The Morgan fingerprint density at radius 2 is 1.53 bits per heavy atom. The second kappa shape index (κ2) is 15.1. The van der Waals surface area contributed by atoms with E-state index in [1.807, 2.05) is 60.0 Å². The van der Waals surface area contributed by atoms with E-state index in [0.29, 0.717) is 51.6 Å². The van der Waals surface area contributed by atoms with Crippen molar-refractivity contribution < 1.29 is 24.2 Å². The van der Waals surface area contributed by atoms with Crippen LogP contribution in [0.2, 0.25) is 0 Å². The van der Waals surface area contributed by atoms with E-state index in [2.05, 4.69) is 15.2 Å². The fraction of sp³-hybridized carbons (Fsp3) is 0.538. The summed E-state index contributed by atoms with van der Waals surface area (Å²) in [5.41, 5.74) is 4.26. The predicted molar refractivity (Wildman–Crippen MR) is 195 cm³/mol. The number of rotatable bonds is 6. The van der Waals surface area contributed by atoms with Crippen molar-refractivity contribution in [1.82, 2.24) is 24.6 Å². The number of aromatic nitrogens is 1. The number of para-hydroxylation sites is 1. The Hall–Kier alpha value is -4.42. The molecule has 12 nitrogen and oxygen atoms in total. The first-order chi connectivity index (χ1) is 24.6. The topological polar surface area (TPSA) is 139 Å². The predicted octanol–water partition coefficient (Wildman–Crippen LogP) is 4.45. The highest BCUT2D eigenvalue weighted by molar-refractivity contribution is 5.91. The maximum Gasteiger partial charge on any atom is 0.410 e. The first-order valence-corrected chi connectivity index (χ1v) is 18.6. The summed E-state index contributed by atoms with van der Waals surface area (Å²) in [7, 11) is 0. The zero-order valence-corrected chi connectivity index (χ0v) is 29.7.